The fourth-order valence-electron chi connectivity index (χ4n) is 1.13. The van der Waals surface area contributed by atoms with Crippen LogP contribution in [0.15, 0.2) is 18.2 Å². The van der Waals surface area contributed by atoms with Crippen molar-refractivity contribution in [1.82, 2.24) is 0 Å². The van der Waals surface area contributed by atoms with Crippen LogP contribution in [0.2, 0.25) is 0 Å². The van der Waals surface area contributed by atoms with Crippen molar-refractivity contribution < 1.29 is 15.3 Å². The van der Waals surface area contributed by atoms with Gasteiger partial charge in [-0.25, -0.2) is 0 Å². The Bertz CT molecular complexity index is 288. The average Bonchev–Trinajstić information content (AvgIpc) is 2.10. The summed E-state index contributed by atoms with van der Waals surface area (Å²) in [5.41, 5.74) is 5.56. The van der Waals surface area contributed by atoms with Crippen molar-refractivity contribution in [3.63, 3.8) is 0 Å². The van der Waals surface area contributed by atoms with Gasteiger partial charge in [0.1, 0.15) is 0 Å². The molecule has 0 unspecified atom stereocenters. The lowest BCUT2D eigenvalue weighted by Crippen LogP contribution is -2.06. The number of aromatic hydroxyl groups is 2. The number of hydrogen-bond donors (Lipinski definition) is 4. The number of para-hydroxylation sites is 1. The molecule has 1 atom stereocenters. The molecule has 1 aromatic rings. The molecule has 72 valence electrons. The molecule has 13 heavy (non-hydrogen) atoms. The Hall–Kier alpha value is -1.26. The Morgan fingerprint density at radius 2 is 2.00 bits per heavy atom. The standard InChI is InChI=1S/C9H13NO3/c10-5-4-7(11)6-2-1-3-8(12)9(6)13/h1-3,7,11-13H,4-5,10H2/t7-/m0/s1. The molecule has 0 aliphatic carbocycles. The van der Waals surface area contributed by atoms with Gasteiger partial charge in [0.05, 0.1) is 6.10 Å². The second-order valence-corrected chi connectivity index (χ2v) is 2.81. The summed E-state index contributed by atoms with van der Waals surface area (Å²) in [5, 5.41) is 27.9. The van der Waals surface area contributed by atoms with Gasteiger partial charge in [-0.3, -0.25) is 0 Å². The Balaban J connectivity index is 2.93. The van der Waals surface area contributed by atoms with E-state index in [4.69, 9.17) is 10.8 Å². The van der Waals surface area contributed by atoms with Gasteiger partial charge in [0.15, 0.2) is 11.5 Å². The molecular formula is C9H13NO3. The minimum Gasteiger partial charge on any atom is -0.504 e. The summed E-state index contributed by atoms with van der Waals surface area (Å²) in [5.74, 6) is -0.503. The SMILES string of the molecule is NCC[C@H](O)c1cccc(O)c1O. The normalized spacial score (nSPS) is 12.8. The van der Waals surface area contributed by atoms with Gasteiger partial charge in [-0.1, -0.05) is 12.1 Å². The van der Waals surface area contributed by atoms with E-state index in [0.717, 1.165) is 0 Å². The number of phenols is 2. The van der Waals surface area contributed by atoms with Crippen molar-refractivity contribution in [3.8, 4) is 11.5 Å². The molecule has 0 amide bonds. The van der Waals surface area contributed by atoms with E-state index in [2.05, 4.69) is 0 Å². The van der Waals surface area contributed by atoms with Crippen LogP contribution < -0.4 is 5.73 Å². The summed E-state index contributed by atoms with van der Waals surface area (Å²) in [6.45, 7) is 0.330. The molecule has 0 aliphatic heterocycles. The van der Waals surface area contributed by atoms with Gasteiger partial charge < -0.3 is 21.1 Å². The van der Waals surface area contributed by atoms with Crippen molar-refractivity contribution in [2.45, 2.75) is 12.5 Å². The van der Waals surface area contributed by atoms with Gasteiger partial charge in [0, 0.05) is 5.56 Å². The smallest absolute Gasteiger partial charge is 0.163 e. The summed E-state index contributed by atoms with van der Waals surface area (Å²) >= 11 is 0. The molecule has 0 saturated heterocycles. The third-order valence-corrected chi connectivity index (χ3v) is 1.85. The number of hydrogen-bond acceptors (Lipinski definition) is 4. The number of nitrogens with two attached hydrogens (primary N) is 1. The second-order valence-electron chi connectivity index (χ2n) is 2.81. The molecule has 0 saturated carbocycles. The molecule has 0 radical (unpaired) electrons. The van der Waals surface area contributed by atoms with Crippen molar-refractivity contribution in [1.29, 1.82) is 0 Å². The highest BCUT2D eigenvalue weighted by molar-refractivity contribution is 5.45. The van der Waals surface area contributed by atoms with E-state index in [1.807, 2.05) is 0 Å². The minimum atomic E-state index is -0.822. The molecule has 1 rings (SSSR count). The van der Waals surface area contributed by atoms with Crippen molar-refractivity contribution >= 4 is 0 Å². The first kappa shape index (κ1) is 9.83. The van der Waals surface area contributed by atoms with Gasteiger partial charge in [0.2, 0.25) is 0 Å². The maximum absolute atomic E-state index is 9.47. The van der Waals surface area contributed by atoms with E-state index in [0.29, 0.717) is 18.5 Å². The fourth-order valence-corrected chi connectivity index (χ4v) is 1.13. The monoisotopic (exact) mass is 183 g/mol. The number of rotatable bonds is 3. The van der Waals surface area contributed by atoms with Crippen LogP contribution in [0.4, 0.5) is 0 Å². The number of aliphatic hydroxyl groups excluding tert-OH is 1. The van der Waals surface area contributed by atoms with Crippen LogP contribution in [-0.2, 0) is 0 Å². The van der Waals surface area contributed by atoms with E-state index in [-0.39, 0.29) is 11.5 Å². The lowest BCUT2D eigenvalue weighted by molar-refractivity contribution is 0.165. The maximum Gasteiger partial charge on any atom is 0.163 e. The maximum atomic E-state index is 9.47. The lowest BCUT2D eigenvalue weighted by Gasteiger charge is -2.11. The Morgan fingerprint density at radius 1 is 1.31 bits per heavy atom. The summed E-state index contributed by atoms with van der Waals surface area (Å²) in [6, 6.07) is 4.47. The Morgan fingerprint density at radius 3 is 2.62 bits per heavy atom. The van der Waals surface area contributed by atoms with Gasteiger partial charge >= 0.3 is 0 Å². The summed E-state index contributed by atoms with van der Waals surface area (Å²) in [4.78, 5) is 0. The molecule has 0 spiro atoms. The highest BCUT2D eigenvalue weighted by Crippen LogP contribution is 2.33. The number of benzene rings is 1. The van der Waals surface area contributed by atoms with E-state index >= 15 is 0 Å². The largest absolute Gasteiger partial charge is 0.504 e. The Labute approximate surface area is 76.2 Å². The van der Waals surface area contributed by atoms with Crippen LogP contribution in [0.1, 0.15) is 18.1 Å². The summed E-state index contributed by atoms with van der Waals surface area (Å²) in [6.07, 6.45) is -0.464. The third-order valence-electron chi connectivity index (χ3n) is 1.85. The highest BCUT2D eigenvalue weighted by atomic mass is 16.3. The molecule has 5 N–H and O–H groups in total. The molecule has 0 bridgehead atoms. The van der Waals surface area contributed by atoms with Gasteiger partial charge in [-0.05, 0) is 19.0 Å². The van der Waals surface area contributed by atoms with Crippen LogP contribution in [0.5, 0.6) is 11.5 Å². The summed E-state index contributed by atoms with van der Waals surface area (Å²) < 4.78 is 0. The first-order chi connectivity index (χ1) is 6.16. The average molecular weight is 183 g/mol. The molecule has 0 fully saturated rings. The van der Waals surface area contributed by atoms with Crippen LogP contribution in [0.3, 0.4) is 0 Å². The van der Waals surface area contributed by atoms with Crippen LogP contribution in [0.25, 0.3) is 0 Å². The summed E-state index contributed by atoms with van der Waals surface area (Å²) in [7, 11) is 0. The molecular weight excluding hydrogens is 170 g/mol. The molecule has 4 heteroatoms. The first-order valence-electron chi connectivity index (χ1n) is 4.05. The third kappa shape index (κ3) is 2.11. The van der Waals surface area contributed by atoms with Gasteiger partial charge in [-0.2, -0.15) is 0 Å². The number of aliphatic hydroxyl groups is 1. The van der Waals surface area contributed by atoms with E-state index in [9.17, 15) is 10.2 Å². The zero-order chi connectivity index (χ0) is 9.84. The highest BCUT2D eigenvalue weighted by Gasteiger charge is 2.13. The number of phenolic OH excluding ortho intramolecular Hbond substituents is 2. The second kappa shape index (κ2) is 4.11. The lowest BCUT2D eigenvalue weighted by atomic mass is 10.1. The van der Waals surface area contributed by atoms with E-state index < -0.39 is 6.10 Å². The van der Waals surface area contributed by atoms with Crippen molar-refractivity contribution in [2.24, 2.45) is 5.73 Å². The minimum absolute atomic E-state index is 0.228. The predicted molar refractivity (Wildman–Crippen MR) is 48.4 cm³/mol. The van der Waals surface area contributed by atoms with Crippen molar-refractivity contribution in [2.75, 3.05) is 6.54 Å². The van der Waals surface area contributed by atoms with Crippen LogP contribution in [0, 0.1) is 0 Å². The van der Waals surface area contributed by atoms with Crippen LogP contribution >= 0.6 is 0 Å². The Kier molecular flexibility index (Phi) is 3.11. The van der Waals surface area contributed by atoms with E-state index in [1.54, 1.807) is 12.1 Å². The van der Waals surface area contributed by atoms with Gasteiger partial charge in [0.25, 0.3) is 0 Å². The molecule has 0 aliphatic rings. The molecule has 0 heterocycles. The quantitative estimate of drug-likeness (QED) is 0.513. The van der Waals surface area contributed by atoms with Crippen LogP contribution in [-0.4, -0.2) is 21.9 Å². The molecule has 4 nitrogen and oxygen atoms in total. The zero-order valence-corrected chi connectivity index (χ0v) is 7.14. The fraction of sp³-hybridized carbons (Fsp3) is 0.333. The van der Waals surface area contributed by atoms with Crippen molar-refractivity contribution in [3.05, 3.63) is 23.8 Å². The first-order valence-corrected chi connectivity index (χ1v) is 4.05. The zero-order valence-electron chi connectivity index (χ0n) is 7.14. The molecule has 1 aromatic carbocycles. The predicted octanol–water partition coefficient (Wildman–Crippen LogP) is 0.480. The topological polar surface area (TPSA) is 86.7 Å². The van der Waals surface area contributed by atoms with Gasteiger partial charge in [-0.15, -0.1) is 0 Å². The molecule has 0 aromatic heterocycles. The van der Waals surface area contributed by atoms with E-state index in [1.165, 1.54) is 6.07 Å².